The number of nitrogens with zero attached hydrogens (tertiary/aromatic N) is 1. The number of aromatic nitrogens is 1. The Morgan fingerprint density at radius 1 is 0.422 bits per heavy atom. The highest BCUT2D eigenvalue weighted by molar-refractivity contribution is 7.13. The first kappa shape index (κ1) is 33.3. The normalized spacial score (nSPS) is 12.2. The summed E-state index contributed by atoms with van der Waals surface area (Å²) in [6, 6.07) is 0.527. The van der Waals surface area contributed by atoms with Crippen LogP contribution >= 0.6 is 0 Å². The molecule has 0 bridgehead atoms. The van der Waals surface area contributed by atoms with Crippen LogP contribution < -0.4 is 21.6 Å². The van der Waals surface area contributed by atoms with Crippen molar-refractivity contribution in [1.29, 1.82) is 0 Å². The monoisotopic (exact) mass is 673 g/mol. The van der Waals surface area contributed by atoms with E-state index in [-0.39, 0.29) is 18.2 Å². The van der Waals surface area contributed by atoms with E-state index in [4.69, 9.17) is 0 Å². The van der Waals surface area contributed by atoms with Crippen molar-refractivity contribution in [3.05, 3.63) is 111 Å². The molecule has 1 heterocycles. The van der Waals surface area contributed by atoms with Gasteiger partial charge in [0, 0.05) is 0 Å². The van der Waals surface area contributed by atoms with Crippen molar-refractivity contribution >= 4 is 28.5 Å². The number of benzene rings is 3. The molecule has 0 atom stereocenters. The van der Waals surface area contributed by atoms with Crippen LogP contribution in [-0.4, -0.2) is 11.3 Å². The van der Waals surface area contributed by atoms with E-state index in [1.54, 1.807) is 0 Å². The molecule has 0 saturated carbocycles. The molecule has 1 N–H and O–H groups in total. The van der Waals surface area contributed by atoms with E-state index >= 15 is 26.3 Å². The largest absolute Gasteiger partial charge is 0.531 e. The zero-order valence-corrected chi connectivity index (χ0v) is 20.6. The van der Waals surface area contributed by atoms with E-state index in [9.17, 15) is 52.7 Å². The standard InChI is InChI=1S/C24H4BF18N2/c26-9-6(10(27)16(33)21(38)15(9)32)25(7-11(28)17(34)22(39)18(35)12(7)29,8-13(30)19(36)23(40)20(37)14(8)31)45-5-3-1-2-4(44-5)24(41,42)43/h1-3H,(H,44,45)/q-1. The lowest BCUT2D eigenvalue weighted by Crippen LogP contribution is -2.78. The molecule has 45 heavy (non-hydrogen) atoms. The minimum atomic E-state index is -6.33. The van der Waals surface area contributed by atoms with Crippen LogP contribution in [0.5, 0.6) is 0 Å². The summed E-state index contributed by atoms with van der Waals surface area (Å²) < 4.78 is 261. The maximum absolute atomic E-state index is 15.4. The Morgan fingerprint density at radius 3 is 0.956 bits per heavy atom. The van der Waals surface area contributed by atoms with Crippen LogP contribution in [-0.2, 0) is 6.18 Å². The van der Waals surface area contributed by atoms with Crippen LogP contribution in [0.25, 0.3) is 0 Å². The first-order valence-electron chi connectivity index (χ1n) is 11.2. The molecule has 0 saturated heterocycles. The van der Waals surface area contributed by atoms with Gasteiger partial charge in [0.25, 0.3) is 0 Å². The van der Waals surface area contributed by atoms with Crippen molar-refractivity contribution < 1.29 is 79.0 Å². The van der Waals surface area contributed by atoms with Gasteiger partial charge in [0.2, 0.25) is 0 Å². The SMILES string of the molecule is Fc1c(F)c(F)c([B-](Nc2cccc(C(F)(F)F)n2)(c2c(F)c(F)c(F)c(F)c2F)c2c(F)c(F)c(F)c(F)c2F)c(F)c1F. The first-order valence-corrected chi connectivity index (χ1v) is 11.2. The van der Waals surface area contributed by atoms with Gasteiger partial charge in [-0.25, -0.2) is 70.8 Å². The summed E-state index contributed by atoms with van der Waals surface area (Å²) >= 11 is 0. The lowest BCUT2D eigenvalue weighted by atomic mass is 9.23. The molecule has 0 aliphatic heterocycles. The number of halogens is 18. The van der Waals surface area contributed by atoms with Crippen molar-refractivity contribution in [2.75, 3.05) is 5.23 Å². The summed E-state index contributed by atoms with van der Waals surface area (Å²) in [5, 5.41) is 1.06. The Balaban J connectivity index is 2.46. The predicted octanol–water partition coefficient (Wildman–Crippen LogP) is 6.27. The van der Waals surface area contributed by atoms with Gasteiger partial charge in [-0.05, 0) is 12.1 Å². The molecule has 4 rings (SSSR count). The number of nitrogens with one attached hydrogen (secondary N) is 1. The fourth-order valence-electron chi connectivity index (χ4n) is 4.55. The zero-order chi connectivity index (χ0) is 34.1. The van der Waals surface area contributed by atoms with Crippen molar-refractivity contribution in [1.82, 2.24) is 4.98 Å². The molecule has 3 aromatic carbocycles. The second-order valence-corrected chi connectivity index (χ2v) is 8.87. The van der Waals surface area contributed by atoms with Gasteiger partial charge in [-0.3, -0.25) is 0 Å². The molecule has 240 valence electrons. The van der Waals surface area contributed by atoms with E-state index in [2.05, 4.69) is 4.98 Å². The van der Waals surface area contributed by atoms with E-state index in [1.165, 1.54) is 0 Å². The smallest absolute Gasteiger partial charge is 0.433 e. The molecule has 21 heteroatoms. The van der Waals surface area contributed by atoms with Crippen molar-refractivity contribution in [3.8, 4) is 0 Å². The predicted molar refractivity (Wildman–Crippen MR) is 116 cm³/mol. The minimum absolute atomic E-state index is 0.0923. The highest BCUT2D eigenvalue weighted by atomic mass is 19.4. The molecule has 0 aliphatic rings. The number of anilines is 1. The topological polar surface area (TPSA) is 24.9 Å². The summed E-state index contributed by atoms with van der Waals surface area (Å²) in [6.07, 6.45) is -11.9. The highest BCUT2D eigenvalue weighted by Gasteiger charge is 2.49. The van der Waals surface area contributed by atoms with Crippen molar-refractivity contribution in [3.63, 3.8) is 0 Å². The van der Waals surface area contributed by atoms with Gasteiger partial charge in [0.05, 0.1) is 5.82 Å². The van der Waals surface area contributed by atoms with Gasteiger partial charge in [0.15, 0.2) is 58.6 Å². The average molecular weight is 673 g/mol. The number of rotatable bonds is 5. The Kier molecular flexibility index (Phi) is 8.21. The Hall–Kier alpha value is -4.59. The molecule has 0 amide bonds. The fourth-order valence-corrected chi connectivity index (χ4v) is 4.55. The lowest BCUT2D eigenvalue weighted by molar-refractivity contribution is -0.141. The third-order valence-corrected chi connectivity index (χ3v) is 6.43. The lowest BCUT2D eigenvalue weighted by Gasteiger charge is -2.45. The van der Waals surface area contributed by atoms with Gasteiger partial charge >= 0.3 is 6.18 Å². The van der Waals surface area contributed by atoms with Gasteiger partial charge in [-0.1, -0.05) is 6.07 Å². The quantitative estimate of drug-likeness (QED) is 0.117. The summed E-state index contributed by atoms with van der Waals surface area (Å²) in [6.45, 7) is 0. The van der Waals surface area contributed by atoms with Crippen LogP contribution in [0.2, 0.25) is 0 Å². The number of hydrogen-bond donors (Lipinski definition) is 1. The molecule has 0 radical (unpaired) electrons. The van der Waals surface area contributed by atoms with E-state index in [0.717, 1.165) is 5.23 Å². The van der Waals surface area contributed by atoms with Crippen LogP contribution in [0.3, 0.4) is 0 Å². The summed E-state index contributed by atoms with van der Waals surface area (Å²) in [5.41, 5.74) is -11.3. The molecule has 0 spiro atoms. The van der Waals surface area contributed by atoms with Crippen LogP contribution in [0.15, 0.2) is 18.2 Å². The van der Waals surface area contributed by atoms with Crippen molar-refractivity contribution in [2.45, 2.75) is 6.18 Å². The maximum Gasteiger partial charge on any atom is 0.433 e. The highest BCUT2D eigenvalue weighted by Crippen LogP contribution is 2.31. The number of hydrogen-bond acceptors (Lipinski definition) is 2. The van der Waals surface area contributed by atoms with Gasteiger partial charge < -0.3 is 5.23 Å². The average Bonchev–Trinajstić information content (AvgIpc) is 2.98. The fraction of sp³-hybridized carbons (Fsp3) is 0.0417. The van der Waals surface area contributed by atoms with E-state index in [1.807, 2.05) is 0 Å². The molecule has 4 aromatic rings. The number of alkyl halides is 3. The maximum atomic E-state index is 15.4. The Bertz CT molecular complexity index is 1640. The zero-order valence-electron chi connectivity index (χ0n) is 20.6. The summed E-state index contributed by atoms with van der Waals surface area (Å²) in [5.74, 6) is -50.9. The van der Waals surface area contributed by atoms with Gasteiger partial charge in [-0.2, -0.15) is 13.2 Å². The van der Waals surface area contributed by atoms with E-state index < -0.39 is 128 Å². The molecule has 2 nitrogen and oxygen atoms in total. The molecule has 0 fully saturated rings. The second kappa shape index (κ2) is 11.1. The minimum Gasteiger partial charge on any atom is -0.531 e. The molecule has 1 aromatic heterocycles. The summed E-state index contributed by atoms with van der Waals surface area (Å²) in [4.78, 5) is 2.73. The van der Waals surface area contributed by atoms with Crippen LogP contribution in [0.4, 0.5) is 84.8 Å². The third kappa shape index (κ3) is 4.87. The molecular formula is C24H4BF18N2-. The molecule has 0 unspecified atom stereocenters. The molecule has 0 aliphatic carbocycles. The Morgan fingerprint density at radius 2 is 0.689 bits per heavy atom. The van der Waals surface area contributed by atoms with Crippen molar-refractivity contribution in [2.24, 2.45) is 0 Å². The third-order valence-electron chi connectivity index (χ3n) is 6.43. The first-order chi connectivity index (χ1) is 20.7. The van der Waals surface area contributed by atoms with E-state index in [0.29, 0.717) is 0 Å². The molecular weight excluding hydrogens is 669 g/mol. The Labute approximate surface area is 235 Å². The second-order valence-electron chi connectivity index (χ2n) is 8.87. The van der Waals surface area contributed by atoms with Crippen LogP contribution in [0.1, 0.15) is 5.69 Å². The summed E-state index contributed by atoms with van der Waals surface area (Å²) in [7, 11) is 0. The van der Waals surface area contributed by atoms with Gasteiger partial charge in [-0.15, -0.1) is 16.4 Å². The number of pyridine rings is 1. The van der Waals surface area contributed by atoms with Gasteiger partial charge in [0.1, 0.15) is 40.6 Å². The van der Waals surface area contributed by atoms with Crippen LogP contribution in [0, 0.1) is 87.3 Å².